The van der Waals surface area contributed by atoms with E-state index in [0.29, 0.717) is 10.6 Å². The zero-order chi connectivity index (χ0) is 17.7. The molecule has 2 aromatic rings. The number of benzene rings is 2. The average Bonchev–Trinajstić information content (AvgIpc) is 2.52. The van der Waals surface area contributed by atoms with Gasteiger partial charge in [-0.2, -0.15) is 0 Å². The summed E-state index contributed by atoms with van der Waals surface area (Å²) in [6.07, 6.45) is 0. The van der Waals surface area contributed by atoms with Crippen LogP contribution >= 0.6 is 11.6 Å². The second kappa shape index (κ2) is 7.88. The molecule has 126 valence electrons. The fourth-order valence-corrected chi connectivity index (χ4v) is 2.25. The first-order chi connectivity index (χ1) is 11.4. The number of halogens is 3. The Morgan fingerprint density at radius 3 is 2.46 bits per heavy atom. The number of carbonyl (C=O) groups is 2. The molecule has 0 bridgehead atoms. The van der Waals surface area contributed by atoms with Crippen LogP contribution in [0.3, 0.4) is 0 Å². The number of amides is 2. The Labute approximate surface area is 143 Å². The molecule has 2 amide bonds. The lowest BCUT2D eigenvalue weighted by atomic mass is 10.2. The Balaban J connectivity index is 2.04. The van der Waals surface area contributed by atoms with Gasteiger partial charge in [0.25, 0.3) is 0 Å². The lowest BCUT2D eigenvalue weighted by Crippen LogP contribution is -2.36. The van der Waals surface area contributed by atoms with Crippen LogP contribution in [0.5, 0.6) is 0 Å². The summed E-state index contributed by atoms with van der Waals surface area (Å²) in [5.41, 5.74) is 0.815. The molecular weight excluding hydrogens is 338 g/mol. The van der Waals surface area contributed by atoms with Crippen molar-refractivity contribution in [2.45, 2.75) is 13.5 Å². The Kier molecular flexibility index (Phi) is 5.87. The molecule has 1 N–H and O–H groups in total. The largest absolute Gasteiger partial charge is 0.329 e. The Morgan fingerprint density at radius 1 is 1.12 bits per heavy atom. The first kappa shape index (κ1) is 17.9. The zero-order valence-corrected chi connectivity index (χ0v) is 13.6. The van der Waals surface area contributed by atoms with Gasteiger partial charge in [0.2, 0.25) is 11.8 Å². The van der Waals surface area contributed by atoms with Gasteiger partial charge >= 0.3 is 0 Å². The normalized spacial score (nSPS) is 10.3. The summed E-state index contributed by atoms with van der Waals surface area (Å²) < 4.78 is 26.0. The summed E-state index contributed by atoms with van der Waals surface area (Å²) >= 11 is 6.06. The van der Waals surface area contributed by atoms with Gasteiger partial charge in [0.15, 0.2) is 11.6 Å². The van der Waals surface area contributed by atoms with Gasteiger partial charge in [0.05, 0.1) is 0 Å². The predicted octanol–water partition coefficient (Wildman–Crippen LogP) is 3.61. The molecule has 0 radical (unpaired) electrons. The second-order valence-electron chi connectivity index (χ2n) is 5.14. The first-order valence-corrected chi connectivity index (χ1v) is 7.48. The SMILES string of the molecule is CC(=O)N(CC(=O)Nc1ccc(F)c(F)c1)Cc1ccccc1Cl. The lowest BCUT2D eigenvalue weighted by molar-refractivity contribution is -0.133. The molecule has 0 spiro atoms. The maximum atomic E-state index is 13.1. The number of nitrogens with zero attached hydrogens (tertiary/aromatic N) is 1. The zero-order valence-electron chi connectivity index (χ0n) is 12.9. The molecule has 2 rings (SSSR count). The average molecular weight is 353 g/mol. The molecule has 7 heteroatoms. The van der Waals surface area contributed by atoms with Crippen LogP contribution in [0.4, 0.5) is 14.5 Å². The quantitative estimate of drug-likeness (QED) is 0.893. The highest BCUT2D eigenvalue weighted by Gasteiger charge is 2.16. The maximum absolute atomic E-state index is 13.1. The minimum absolute atomic E-state index is 0.111. The Hall–Kier alpha value is -2.47. The minimum Gasteiger partial charge on any atom is -0.329 e. The fourth-order valence-electron chi connectivity index (χ4n) is 2.06. The Morgan fingerprint density at radius 2 is 1.83 bits per heavy atom. The number of hydrogen-bond acceptors (Lipinski definition) is 2. The summed E-state index contributed by atoms with van der Waals surface area (Å²) in [7, 11) is 0. The summed E-state index contributed by atoms with van der Waals surface area (Å²) in [5, 5.41) is 2.91. The smallest absolute Gasteiger partial charge is 0.244 e. The highest BCUT2D eigenvalue weighted by atomic mass is 35.5. The summed E-state index contributed by atoms with van der Waals surface area (Å²) in [6, 6.07) is 10.0. The molecule has 24 heavy (non-hydrogen) atoms. The van der Waals surface area contributed by atoms with Gasteiger partial charge in [0.1, 0.15) is 6.54 Å². The van der Waals surface area contributed by atoms with Gasteiger partial charge in [-0.25, -0.2) is 8.78 Å². The number of hydrogen-bond donors (Lipinski definition) is 1. The van der Waals surface area contributed by atoms with Crippen molar-refractivity contribution in [2.75, 3.05) is 11.9 Å². The van der Waals surface area contributed by atoms with Crippen molar-refractivity contribution in [1.82, 2.24) is 4.90 Å². The van der Waals surface area contributed by atoms with Crippen molar-refractivity contribution < 1.29 is 18.4 Å². The number of carbonyl (C=O) groups excluding carboxylic acids is 2. The van der Waals surface area contributed by atoms with Gasteiger partial charge in [0, 0.05) is 30.2 Å². The molecule has 0 saturated heterocycles. The van der Waals surface area contributed by atoms with Crippen molar-refractivity contribution in [1.29, 1.82) is 0 Å². The van der Waals surface area contributed by atoms with E-state index >= 15 is 0 Å². The highest BCUT2D eigenvalue weighted by Crippen LogP contribution is 2.17. The Bertz CT molecular complexity index is 768. The van der Waals surface area contributed by atoms with Crippen molar-refractivity contribution in [3.8, 4) is 0 Å². The topological polar surface area (TPSA) is 49.4 Å². The van der Waals surface area contributed by atoms with E-state index in [-0.39, 0.29) is 24.7 Å². The van der Waals surface area contributed by atoms with Crippen molar-refractivity contribution in [3.63, 3.8) is 0 Å². The van der Waals surface area contributed by atoms with Crippen LogP contribution in [-0.2, 0) is 16.1 Å². The van der Waals surface area contributed by atoms with E-state index in [9.17, 15) is 18.4 Å². The molecule has 4 nitrogen and oxygen atoms in total. The van der Waals surface area contributed by atoms with E-state index in [4.69, 9.17) is 11.6 Å². The second-order valence-corrected chi connectivity index (χ2v) is 5.55. The van der Waals surface area contributed by atoms with Gasteiger partial charge in [-0.05, 0) is 23.8 Å². The van der Waals surface area contributed by atoms with Gasteiger partial charge in [-0.3, -0.25) is 9.59 Å². The van der Waals surface area contributed by atoms with Crippen LogP contribution in [0, 0.1) is 11.6 Å². The van der Waals surface area contributed by atoms with Gasteiger partial charge in [-0.15, -0.1) is 0 Å². The maximum Gasteiger partial charge on any atom is 0.244 e. The van der Waals surface area contributed by atoms with Crippen LogP contribution in [0.1, 0.15) is 12.5 Å². The van der Waals surface area contributed by atoms with E-state index in [1.165, 1.54) is 17.9 Å². The molecular formula is C17H15ClF2N2O2. The third kappa shape index (κ3) is 4.76. The molecule has 0 heterocycles. The summed E-state index contributed by atoms with van der Waals surface area (Å²) in [5.74, 6) is -2.90. The van der Waals surface area contributed by atoms with Crippen LogP contribution in [-0.4, -0.2) is 23.3 Å². The molecule has 0 aliphatic heterocycles. The lowest BCUT2D eigenvalue weighted by Gasteiger charge is -2.21. The predicted molar refractivity (Wildman–Crippen MR) is 87.5 cm³/mol. The number of rotatable bonds is 5. The molecule has 2 aromatic carbocycles. The number of anilines is 1. The minimum atomic E-state index is -1.06. The third-order valence-corrected chi connectivity index (χ3v) is 3.67. The monoisotopic (exact) mass is 352 g/mol. The van der Waals surface area contributed by atoms with Crippen molar-refractivity contribution >= 4 is 29.1 Å². The molecule has 0 aliphatic rings. The highest BCUT2D eigenvalue weighted by molar-refractivity contribution is 6.31. The molecule has 0 saturated carbocycles. The standard InChI is InChI=1S/C17H15ClF2N2O2/c1-11(23)22(9-12-4-2-3-5-14(12)18)10-17(24)21-13-6-7-15(19)16(20)8-13/h2-8H,9-10H2,1H3,(H,21,24). The van der Waals surface area contributed by atoms with E-state index in [0.717, 1.165) is 12.1 Å². The van der Waals surface area contributed by atoms with Crippen LogP contribution in [0.2, 0.25) is 5.02 Å². The van der Waals surface area contributed by atoms with Crippen molar-refractivity contribution in [2.24, 2.45) is 0 Å². The third-order valence-electron chi connectivity index (χ3n) is 3.30. The van der Waals surface area contributed by atoms with Crippen LogP contribution < -0.4 is 5.32 Å². The first-order valence-electron chi connectivity index (χ1n) is 7.10. The molecule has 0 atom stereocenters. The van der Waals surface area contributed by atoms with E-state index < -0.39 is 17.5 Å². The van der Waals surface area contributed by atoms with Crippen LogP contribution in [0.25, 0.3) is 0 Å². The van der Waals surface area contributed by atoms with E-state index in [1.54, 1.807) is 24.3 Å². The summed E-state index contributed by atoms with van der Waals surface area (Å²) in [4.78, 5) is 25.1. The van der Waals surface area contributed by atoms with Gasteiger partial charge < -0.3 is 10.2 Å². The summed E-state index contributed by atoms with van der Waals surface area (Å²) in [6.45, 7) is 1.27. The number of nitrogens with one attached hydrogen (secondary N) is 1. The van der Waals surface area contributed by atoms with Gasteiger partial charge in [-0.1, -0.05) is 29.8 Å². The molecule has 0 aromatic heterocycles. The van der Waals surface area contributed by atoms with Crippen LogP contribution in [0.15, 0.2) is 42.5 Å². The molecule has 0 unspecified atom stereocenters. The van der Waals surface area contributed by atoms with Crippen molar-refractivity contribution in [3.05, 3.63) is 64.7 Å². The molecule has 0 aliphatic carbocycles. The van der Waals surface area contributed by atoms with E-state index in [2.05, 4.69) is 5.32 Å². The fraction of sp³-hybridized carbons (Fsp3) is 0.176. The molecule has 0 fully saturated rings. The van der Waals surface area contributed by atoms with E-state index in [1.807, 2.05) is 0 Å².